The van der Waals surface area contributed by atoms with Crippen molar-refractivity contribution in [1.82, 2.24) is 9.88 Å². The van der Waals surface area contributed by atoms with Crippen LogP contribution in [0.4, 0.5) is 10.5 Å². The monoisotopic (exact) mass is 373 g/mol. The highest BCUT2D eigenvalue weighted by Crippen LogP contribution is 2.29. The third-order valence-electron chi connectivity index (χ3n) is 5.13. The number of hydrogen-bond donors (Lipinski definition) is 1. The van der Waals surface area contributed by atoms with Crippen LogP contribution in [0.2, 0.25) is 0 Å². The van der Waals surface area contributed by atoms with Gasteiger partial charge in [0.1, 0.15) is 5.57 Å². The van der Waals surface area contributed by atoms with Crippen molar-refractivity contribution in [2.75, 3.05) is 4.90 Å². The second kappa shape index (κ2) is 6.49. The summed E-state index contributed by atoms with van der Waals surface area (Å²) < 4.78 is 2.01. The molecule has 6 heteroatoms. The highest BCUT2D eigenvalue weighted by atomic mass is 16.2. The maximum atomic E-state index is 13.1. The van der Waals surface area contributed by atoms with Gasteiger partial charge in [0.05, 0.1) is 5.69 Å². The minimum Gasteiger partial charge on any atom is -0.347 e. The number of carbonyl (C=O) groups excluding carboxylic acids is 3. The number of amides is 4. The van der Waals surface area contributed by atoms with Crippen LogP contribution in [0.25, 0.3) is 17.0 Å². The first kappa shape index (κ1) is 17.7. The SMILES string of the molecule is Cc1ccc(N2C(=O)NC(=O)/C(=C\c3c(C)n(C)c4ccccc34)C2=O)cc1. The van der Waals surface area contributed by atoms with Gasteiger partial charge in [-0.1, -0.05) is 35.9 Å². The van der Waals surface area contributed by atoms with Gasteiger partial charge in [0.15, 0.2) is 0 Å². The molecule has 0 saturated carbocycles. The number of carbonyl (C=O) groups is 3. The lowest BCUT2D eigenvalue weighted by Crippen LogP contribution is -2.54. The Bertz CT molecular complexity index is 1170. The molecule has 4 rings (SSSR count). The van der Waals surface area contributed by atoms with Crippen molar-refractivity contribution in [3.63, 3.8) is 0 Å². The van der Waals surface area contributed by atoms with E-state index in [2.05, 4.69) is 5.32 Å². The van der Waals surface area contributed by atoms with Gasteiger partial charge in [0, 0.05) is 29.2 Å². The molecule has 28 heavy (non-hydrogen) atoms. The Morgan fingerprint density at radius 2 is 1.61 bits per heavy atom. The van der Waals surface area contributed by atoms with E-state index in [9.17, 15) is 14.4 Å². The van der Waals surface area contributed by atoms with Crippen LogP contribution in [0.1, 0.15) is 16.8 Å². The molecular formula is C22H19N3O3. The number of rotatable bonds is 2. The van der Waals surface area contributed by atoms with Crippen molar-refractivity contribution < 1.29 is 14.4 Å². The van der Waals surface area contributed by atoms with Gasteiger partial charge in [-0.05, 0) is 38.1 Å². The standard InChI is InChI=1S/C22H19N3O3/c1-13-8-10-15(11-9-13)25-21(27)18(20(26)23-22(25)28)12-17-14(2)24(3)19-7-5-4-6-16(17)19/h4-12H,1-3H3,(H,23,26,28)/b18-12+. The Kier molecular flexibility index (Phi) is 4.11. The predicted molar refractivity (Wildman–Crippen MR) is 108 cm³/mol. The molecule has 1 aliphatic heterocycles. The molecule has 1 aliphatic rings. The topological polar surface area (TPSA) is 71.4 Å². The summed E-state index contributed by atoms with van der Waals surface area (Å²) in [4.78, 5) is 38.8. The van der Waals surface area contributed by atoms with Crippen molar-refractivity contribution in [3.8, 4) is 0 Å². The van der Waals surface area contributed by atoms with Crippen LogP contribution < -0.4 is 10.2 Å². The van der Waals surface area contributed by atoms with Gasteiger partial charge >= 0.3 is 6.03 Å². The van der Waals surface area contributed by atoms with Crippen molar-refractivity contribution >= 4 is 40.5 Å². The van der Waals surface area contributed by atoms with E-state index in [1.165, 1.54) is 0 Å². The van der Waals surface area contributed by atoms with Crippen molar-refractivity contribution in [1.29, 1.82) is 0 Å². The number of para-hydroxylation sites is 1. The molecule has 1 N–H and O–H groups in total. The molecule has 1 fully saturated rings. The average Bonchev–Trinajstić information content (AvgIpc) is 2.91. The number of barbiturate groups is 1. The number of hydrogen-bond acceptors (Lipinski definition) is 3. The second-order valence-electron chi connectivity index (χ2n) is 6.87. The number of nitrogens with one attached hydrogen (secondary N) is 1. The van der Waals surface area contributed by atoms with Gasteiger partial charge in [0.25, 0.3) is 11.8 Å². The quantitative estimate of drug-likeness (QED) is 0.552. The number of urea groups is 1. The van der Waals surface area contributed by atoms with E-state index in [-0.39, 0.29) is 5.57 Å². The fourth-order valence-corrected chi connectivity index (χ4v) is 3.46. The zero-order chi connectivity index (χ0) is 20.0. The Morgan fingerprint density at radius 3 is 2.32 bits per heavy atom. The van der Waals surface area contributed by atoms with Crippen LogP contribution in [0.5, 0.6) is 0 Å². The van der Waals surface area contributed by atoms with E-state index in [0.717, 1.165) is 32.6 Å². The molecule has 2 heterocycles. The van der Waals surface area contributed by atoms with E-state index in [0.29, 0.717) is 5.69 Å². The number of benzene rings is 2. The van der Waals surface area contributed by atoms with E-state index >= 15 is 0 Å². The van der Waals surface area contributed by atoms with Crippen LogP contribution in [0, 0.1) is 13.8 Å². The van der Waals surface area contributed by atoms with Crippen LogP contribution in [-0.4, -0.2) is 22.4 Å². The first-order valence-electron chi connectivity index (χ1n) is 8.90. The molecular weight excluding hydrogens is 354 g/mol. The summed E-state index contributed by atoms with van der Waals surface area (Å²) in [6.45, 7) is 3.85. The smallest absolute Gasteiger partial charge is 0.335 e. The van der Waals surface area contributed by atoms with Crippen molar-refractivity contribution in [2.45, 2.75) is 13.8 Å². The third kappa shape index (κ3) is 2.70. The number of anilines is 1. The van der Waals surface area contributed by atoms with Crippen LogP contribution in [-0.2, 0) is 16.6 Å². The van der Waals surface area contributed by atoms with E-state index in [4.69, 9.17) is 0 Å². The Morgan fingerprint density at radius 1 is 0.929 bits per heavy atom. The molecule has 6 nitrogen and oxygen atoms in total. The van der Waals surface area contributed by atoms with E-state index in [1.807, 2.05) is 61.9 Å². The molecule has 0 aliphatic carbocycles. The van der Waals surface area contributed by atoms with Gasteiger partial charge in [-0.15, -0.1) is 0 Å². The summed E-state index contributed by atoms with van der Waals surface area (Å²) in [5.41, 5.74) is 4.07. The molecule has 0 atom stereocenters. The Labute approximate surface area is 162 Å². The van der Waals surface area contributed by atoms with E-state index < -0.39 is 17.8 Å². The molecule has 2 aromatic carbocycles. The highest BCUT2D eigenvalue weighted by Gasteiger charge is 2.37. The lowest BCUT2D eigenvalue weighted by atomic mass is 10.0. The molecule has 0 spiro atoms. The molecule has 3 aromatic rings. The summed E-state index contributed by atoms with van der Waals surface area (Å²) >= 11 is 0. The van der Waals surface area contributed by atoms with Crippen LogP contribution in [0.15, 0.2) is 54.1 Å². The van der Waals surface area contributed by atoms with E-state index in [1.54, 1.807) is 18.2 Å². The maximum Gasteiger partial charge on any atom is 0.335 e. The molecule has 0 bridgehead atoms. The molecule has 1 aromatic heterocycles. The number of aryl methyl sites for hydroxylation is 2. The Balaban J connectivity index is 1.84. The molecule has 0 unspecified atom stereocenters. The normalized spacial score (nSPS) is 16.2. The number of imide groups is 2. The number of aromatic nitrogens is 1. The van der Waals surface area contributed by atoms with Gasteiger partial charge in [-0.2, -0.15) is 0 Å². The summed E-state index contributed by atoms with van der Waals surface area (Å²) in [5.74, 6) is -1.32. The van der Waals surface area contributed by atoms with Crippen LogP contribution >= 0.6 is 0 Å². The second-order valence-corrected chi connectivity index (χ2v) is 6.87. The van der Waals surface area contributed by atoms with Gasteiger partial charge in [-0.25, -0.2) is 9.69 Å². The van der Waals surface area contributed by atoms with Gasteiger partial charge < -0.3 is 4.57 Å². The summed E-state index contributed by atoms with van der Waals surface area (Å²) in [5, 5.41) is 3.21. The number of fused-ring (bicyclic) bond motifs is 1. The Hall–Kier alpha value is -3.67. The minimum atomic E-state index is -0.745. The summed E-state index contributed by atoms with van der Waals surface area (Å²) in [7, 11) is 1.94. The lowest BCUT2D eigenvalue weighted by Gasteiger charge is -2.26. The van der Waals surface area contributed by atoms with Crippen LogP contribution in [0.3, 0.4) is 0 Å². The molecule has 4 amide bonds. The van der Waals surface area contributed by atoms with Gasteiger partial charge in [-0.3, -0.25) is 14.9 Å². The molecule has 1 saturated heterocycles. The van der Waals surface area contributed by atoms with Crippen molar-refractivity contribution in [2.24, 2.45) is 7.05 Å². The largest absolute Gasteiger partial charge is 0.347 e. The van der Waals surface area contributed by atoms with Gasteiger partial charge in [0.2, 0.25) is 0 Å². The first-order chi connectivity index (χ1) is 13.4. The fraction of sp³-hybridized carbons (Fsp3) is 0.136. The number of nitrogens with zero attached hydrogens (tertiary/aromatic N) is 2. The summed E-state index contributed by atoms with van der Waals surface area (Å²) in [6.07, 6.45) is 1.57. The minimum absolute atomic E-state index is 0.0698. The maximum absolute atomic E-state index is 13.1. The predicted octanol–water partition coefficient (Wildman–Crippen LogP) is 3.46. The summed E-state index contributed by atoms with van der Waals surface area (Å²) in [6, 6.07) is 14.0. The first-order valence-corrected chi connectivity index (χ1v) is 8.90. The average molecular weight is 373 g/mol. The highest BCUT2D eigenvalue weighted by molar-refractivity contribution is 6.39. The van der Waals surface area contributed by atoms with Crippen molar-refractivity contribution in [3.05, 3.63) is 70.9 Å². The molecule has 0 radical (unpaired) electrons. The lowest BCUT2D eigenvalue weighted by molar-refractivity contribution is -0.122. The zero-order valence-corrected chi connectivity index (χ0v) is 15.8. The third-order valence-corrected chi connectivity index (χ3v) is 5.13. The zero-order valence-electron chi connectivity index (χ0n) is 15.8. The fourth-order valence-electron chi connectivity index (χ4n) is 3.46. The molecule has 140 valence electrons.